The Labute approximate surface area is 163 Å². The number of carbonyl (C=O) groups is 1. The third-order valence-electron chi connectivity index (χ3n) is 4.93. The zero-order chi connectivity index (χ0) is 19.7. The zero-order valence-corrected chi connectivity index (χ0v) is 16.0. The number of benzene rings is 2. The van der Waals surface area contributed by atoms with Gasteiger partial charge in [0.05, 0.1) is 11.1 Å². The molecule has 0 saturated heterocycles. The lowest BCUT2D eigenvalue weighted by Crippen LogP contribution is -2.19. The quantitative estimate of drug-likeness (QED) is 0.764. The molecule has 0 bridgehead atoms. The zero-order valence-electron chi connectivity index (χ0n) is 16.0. The van der Waals surface area contributed by atoms with E-state index in [1.807, 2.05) is 19.2 Å². The van der Waals surface area contributed by atoms with Crippen molar-refractivity contribution in [3.8, 4) is 23.0 Å². The molecule has 0 aromatic heterocycles. The van der Waals surface area contributed by atoms with Crippen molar-refractivity contribution in [1.82, 2.24) is 4.90 Å². The number of unbranched alkanes of at least 4 members (excludes halogenated alkanes) is 1. The van der Waals surface area contributed by atoms with Crippen LogP contribution in [0.5, 0.6) is 23.0 Å². The van der Waals surface area contributed by atoms with Crippen LogP contribution in [-0.2, 0) is 6.54 Å². The number of ether oxygens (including phenoxy) is 3. The van der Waals surface area contributed by atoms with Gasteiger partial charge in [0.1, 0.15) is 11.5 Å². The molecule has 0 spiro atoms. The Morgan fingerprint density at radius 2 is 2.00 bits per heavy atom. The van der Waals surface area contributed by atoms with Crippen LogP contribution in [0.2, 0.25) is 0 Å². The molecular formula is C22H23NO5. The predicted molar refractivity (Wildman–Crippen MR) is 105 cm³/mol. The molecule has 2 aromatic rings. The number of phenolic OH excluding ortho intramolecular Hbond substituents is 1. The smallest absolute Gasteiger partial charge is 0.231 e. The molecule has 6 nitrogen and oxygen atoms in total. The molecule has 28 heavy (non-hydrogen) atoms. The first-order valence-electron chi connectivity index (χ1n) is 9.44. The third-order valence-corrected chi connectivity index (χ3v) is 4.93. The van der Waals surface area contributed by atoms with Gasteiger partial charge in [-0.3, -0.25) is 4.79 Å². The second-order valence-electron chi connectivity index (χ2n) is 7.08. The van der Waals surface area contributed by atoms with Gasteiger partial charge in [0.2, 0.25) is 12.6 Å². The van der Waals surface area contributed by atoms with Gasteiger partial charge in [-0.05, 0) is 55.9 Å². The molecule has 4 rings (SSSR count). The van der Waals surface area contributed by atoms with Crippen LogP contribution in [0.1, 0.15) is 41.3 Å². The molecule has 0 fully saturated rings. The lowest BCUT2D eigenvalue weighted by atomic mass is 10.0. The fraction of sp³-hybridized carbons (Fsp3) is 0.318. The molecule has 0 aliphatic carbocycles. The van der Waals surface area contributed by atoms with E-state index in [1.165, 1.54) is 0 Å². The van der Waals surface area contributed by atoms with Crippen LogP contribution in [0.15, 0.2) is 36.1 Å². The van der Waals surface area contributed by atoms with Crippen molar-refractivity contribution < 1.29 is 24.1 Å². The molecule has 0 amide bonds. The van der Waals surface area contributed by atoms with Gasteiger partial charge in [0.15, 0.2) is 17.3 Å². The Hall–Kier alpha value is -2.99. The van der Waals surface area contributed by atoms with Crippen LogP contribution < -0.4 is 14.2 Å². The van der Waals surface area contributed by atoms with Gasteiger partial charge in [-0.15, -0.1) is 0 Å². The monoisotopic (exact) mass is 381 g/mol. The molecule has 2 aromatic carbocycles. The van der Waals surface area contributed by atoms with Gasteiger partial charge in [0.25, 0.3) is 0 Å². The van der Waals surface area contributed by atoms with E-state index in [1.54, 1.807) is 24.3 Å². The minimum Gasteiger partial charge on any atom is -0.507 e. The molecular weight excluding hydrogens is 358 g/mol. The molecule has 2 aliphatic heterocycles. The Bertz CT molecular complexity index is 950. The molecule has 1 N–H and O–H groups in total. The normalized spacial score (nSPS) is 16.0. The molecule has 146 valence electrons. The van der Waals surface area contributed by atoms with Gasteiger partial charge in [-0.25, -0.2) is 0 Å². The summed E-state index contributed by atoms with van der Waals surface area (Å²) in [4.78, 5) is 14.9. The van der Waals surface area contributed by atoms with E-state index in [0.29, 0.717) is 34.9 Å². The van der Waals surface area contributed by atoms with Crippen molar-refractivity contribution in [3.05, 3.63) is 52.8 Å². The van der Waals surface area contributed by atoms with E-state index < -0.39 is 0 Å². The fourth-order valence-corrected chi connectivity index (χ4v) is 3.38. The van der Waals surface area contributed by atoms with Gasteiger partial charge in [0, 0.05) is 6.54 Å². The SMILES string of the molecule is CCCCN(C)Cc1c(O)ccc2c1O/C(=C\c1ccc3c(c1)OCO3)C2=O. The van der Waals surface area contributed by atoms with Crippen molar-refractivity contribution in [3.63, 3.8) is 0 Å². The summed E-state index contributed by atoms with van der Waals surface area (Å²) < 4.78 is 16.6. The highest BCUT2D eigenvalue weighted by atomic mass is 16.7. The minimum atomic E-state index is -0.190. The third kappa shape index (κ3) is 3.43. The highest BCUT2D eigenvalue weighted by molar-refractivity contribution is 6.15. The second kappa shape index (κ2) is 7.56. The maximum Gasteiger partial charge on any atom is 0.231 e. The lowest BCUT2D eigenvalue weighted by molar-refractivity contribution is 0.101. The lowest BCUT2D eigenvalue weighted by Gasteiger charge is -2.18. The number of carbonyl (C=O) groups excluding carboxylic acids is 1. The highest BCUT2D eigenvalue weighted by Crippen LogP contribution is 2.40. The van der Waals surface area contributed by atoms with Crippen molar-refractivity contribution >= 4 is 11.9 Å². The summed E-state index contributed by atoms with van der Waals surface area (Å²) in [6, 6.07) is 8.64. The van der Waals surface area contributed by atoms with Crippen molar-refractivity contribution in [2.45, 2.75) is 26.3 Å². The van der Waals surface area contributed by atoms with E-state index in [2.05, 4.69) is 11.8 Å². The number of Topliss-reactive ketones (excluding diaryl/α,β-unsaturated/α-hetero) is 1. The summed E-state index contributed by atoms with van der Waals surface area (Å²) in [7, 11) is 1.99. The number of fused-ring (bicyclic) bond motifs is 2. The van der Waals surface area contributed by atoms with Gasteiger partial charge >= 0.3 is 0 Å². The van der Waals surface area contributed by atoms with E-state index in [0.717, 1.165) is 24.9 Å². The number of rotatable bonds is 6. The summed E-state index contributed by atoms with van der Waals surface area (Å²) in [6.45, 7) is 3.76. The van der Waals surface area contributed by atoms with E-state index in [9.17, 15) is 9.90 Å². The Morgan fingerprint density at radius 3 is 2.82 bits per heavy atom. The number of hydrogen-bond acceptors (Lipinski definition) is 6. The summed E-state index contributed by atoms with van der Waals surface area (Å²) in [5.41, 5.74) is 1.90. The molecule has 0 unspecified atom stereocenters. The summed E-state index contributed by atoms with van der Waals surface area (Å²) in [6.07, 6.45) is 3.86. The number of hydrogen-bond donors (Lipinski definition) is 1. The first-order chi connectivity index (χ1) is 13.6. The molecule has 6 heteroatoms. The van der Waals surface area contributed by atoms with Crippen LogP contribution in [0.4, 0.5) is 0 Å². The largest absolute Gasteiger partial charge is 0.507 e. The fourth-order valence-electron chi connectivity index (χ4n) is 3.38. The average Bonchev–Trinajstić information content (AvgIpc) is 3.27. The molecule has 2 heterocycles. The van der Waals surface area contributed by atoms with Crippen LogP contribution >= 0.6 is 0 Å². The standard InChI is InChI=1S/C22H23NO5/c1-3-4-9-23(2)12-16-17(24)7-6-15-21(25)20(28-22(15)16)11-14-5-8-18-19(10-14)27-13-26-18/h5-8,10-11,24H,3-4,9,12-13H2,1-2H3/b20-11-. The second-order valence-corrected chi connectivity index (χ2v) is 7.08. The van der Waals surface area contributed by atoms with Crippen LogP contribution in [0.3, 0.4) is 0 Å². The Morgan fingerprint density at radius 1 is 1.18 bits per heavy atom. The molecule has 2 aliphatic rings. The number of nitrogens with zero attached hydrogens (tertiary/aromatic N) is 1. The number of phenols is 1. The maximum atomic E-state index is 12.8. The average molecular weight is 381 g/mol. The Kier molecular flexibility index (Phi) is 4.96. The summed E-state index contributed by atoms with van der Waals surface area (Å²) in [5, 5.41) is 10.3. The first kappa shape index (κ1) is 18.4. The number of ketones is 1. The van der Waals surface area contributed by atoms with E-state index >= 15 is 0 Å². The predicted octanol–water partition coefficient (Wildman–Crippen LogP) is 3.97. The number of aromatic hydroxyl groups is 1. The van der Waals surface area contributed by atoms with E-state index in [4.69, 9.17) is 14.2 Å². The van der Waals surface area contributed by atoms with Gasteiger partial charge in [-0.2, -0.15) is 0 Å². The van der Waals surface area contributed by atoms with Crippen molar-refractivity contribution in [1.29, 1.82) is 0 Å². The number of allylic oxidation sites excluding steroid dienone is 1. The summed E-state index contributed by atoms with van der Waals surface area (Å²) >= 11 is 0. The Balaban J connectivity index is 1.61. The topological polar surface area (TPSA) is 68.2 Å². The molecule has 0 atom stereocenters. The first-order valence-corrected chi connectivity index (χ1v) is 9.44. The minimum absolute atomic E-state index is 0.138. The van der Waals surface area contributed by atoms with Gasteiger partial charge in [-0.1, -0.05) is 19.4 Å². The van der Waals surface area contributed by atoms with Crippen LogP contribution in [0, 0.1) is 0 Å². The van der Waals surface area contributed by atoms with Crippen LogP contribution in [0.25, 0.3) is 6.08 Å². The molecule has 0 radical (unpaired) electrons. The maximum absolute atomic E-state index is 12.8. The van der Waals surface area contributed by atoms with Crippen molar-refractivity contribution in [2.24, 2.45) is 0 Å². The highest BCUT2D eigenvalue weighted by Gasteiger charge is 2.31. The summed E-state index contributed by atoms with van der Waals surface area (Å²) in [5.74, 6) is 1.96. The van der Waals surface area contributed by atoms with Crippen LogP contribution in [-0.4, -0.2) is 36.2 Å². The van der Waals surface area contributed by atoms with E-state index in [-0.39, 0.29) is 24.1 Å². The van der Waals surface area contributed by atoms with Crippen molar-refractivity contribution in [2.75, 3.05) is 20.4 Å². The molecule has 0 saturated carbocycles. The van der Waals surface area contributed by atoms with Gasteiger partial charge < -0.3 is 24.2 Å².